The van der Waals surface area contributed by atoms with Gasteiger partial charge in [0.1, 0.15) is 6.54 Å². The summed E-state index contributed by atoms with van der Waals surface area (Å²) in [6.45, 7) is 8.47. The minimum absolute atomic E-state index is 0. The van der Waals surface area contributed by atoms with Gasteiger partial charge in [-0.15, -0.1) is 24.0 Å². The second-order valence-corrected chi connectivity index (χ2v) is 6.59. The fourth-order valence-corrected chi connectivity index (χ4v) is 2.69. The Hall–Kier alpha value is -1.97. The standard InChI is InChI=1S/C19H26N4O3.HI/c1-5-20-19(21-10-15-9-16(13(2)3)22-26-15)23(4)11-14-6-7-17-18(8-14)25-12-24-17;/h6-9,13H,5,10-12H2,1-4H3,(H,20,21);1H. The van der Waals surface area contributed by atoms with Crippen molar-refractivity contribution < 1.29 is 14.0 Å². The summed E-state index contributed by atoms with van der Waals surface area (Å²) in [5.74, 6) is 3.51. The molecule has 0 fully saturated rings. The van der Waals surface area contributed by atoms with Crippen molar-refractivity contribution in [2.24, 2.45) is 4.99 Å². The van der Waals surface area contributed by atoms with E-state index in [1.165, 1.54) is 0 Å². The maximum Gasteiger partial charge on any atom is 0.231 e. The Kier molecular flexibility index (Phi) is 7.76. The zero-order valence-corrected chi connectivity index (χ0v) is 18.5. The Labute approximate surface area is 177 Å². The number of halogens is 1. The zero-order valence-electron chi connectivity index (χ0n) is 16.2. The molecule has 2 heterocycles. The lowest BCUT2D eigenvalue weighted by molar-refractivity contribution is 0.174. The van der Waals surface area contributed by atoms with Crippen LogP contribution < -0.4 is 14.8 Å². The van der Waals surface area contributed by atoms with Crippen LogP contribution in [0.25, 0.3) is 0 Å². The molecule has 0 radical (unpaired) electrons. The topological polar surface area (TPSA) is 72.1 Å². The number of rotatable bonds is 6. The van der Waals surface area contributed by atoms with Gasteiger partial charge in [-0.25, -0.2) is 4.99 Å². The highest BCUT2D eigenvalue weighted by Gasteiger charge is 2.15. The van der Waals surface area contributed by atoms with E-state index in [-0.39, 0.29) is 30.8 Å². The van der Waals surface area contributed by atoms with Gasteiger partial charge in [-0.1, -0.05) is 25.1 Å². The monoisotopic (exact) mass is 486 g/mol. The maximum absolute atomic E-state index is 5.45. The van der Waals surface area contributed by atoms with Crippen molar-refractivity contribution >= 4 is 29.9 Å². The van der Waals surface area contributed by atoms with Crippen molar-refractivity contribution in [3.05, 3.63) is 41.3 Å². The number of nitrogens with one attached hydrogen (secondary N) is 1. The summed E-state index contributed by atoms with van der Waals surface area (Å²) in [7, 11) is 2.01. The molecule has 1 N–H and O–H groups in total. The van der Waals surface area contributed by atoms with Crippen LogP contribution in [0.15, 0.2) is 33.8 Å². The van der Waals surface area contributed by atoms with Gasteiger partial charge in [-0.3, -0.25) is 0 Å². The van der Waals surface area contributed by atoms with E-state index in [2.05, 4.69) is 41.1 Å². The summed E-state index contributed by atoms with van der Waals surface area (Å²) < 4.78 is 16.2. The first-order valence-corrected chi connectivity index (χ1v) is 8.90. The summed E-state index contributed by atoms with van der Waals surface area (Å²) in [4.78, 5) is 6.74. The van der Waals surface area contributed by atoms with Gasteiger partial charge in [0.25, 0.3) is 0 Å². The first-order chi connectivity index (χ1) is 12.6. The van der Waals surface area contributed by atoms with Crippen molar-refractivity contribution in [1.82, 2.24) is 15.4 Å². The summed E-state index contributed by atoms with van der Waals surface area (Å²) >= 11 is 0. The lowest BCUT2D eigenvalue weighted by Gasteiger charge is -2.22. The van der Waals surface area contributed by atoms with Crippen molar-refractivity contribution in [1.29, 1.82) is 0 Å². The number of aliphatic imine (C=N–C) groups is 1. The molecule has 0 saturated heterocycles. The van der Waals surface area contributed by atoms with E-state index in [9.17, 15) is 0 Å². The van der Waals surface area contributed by atoms with Crippen molar-refractivity contribution in [2.45, 2.75) is 39.8 Å². The van der Waals surface area contributed by atoms with Gasteiger partial charge in [0.05, 0.1) is 5.69 Å². The zero-order chi connectivity index (χ0) is 18.5. The molecule has 1 aromatic carbocycles. The SMILES string of the molecule is CCNC(=NCc1cc(C(C)C)no1)N(C)Cc1ccc2c(c1)OCO2.I. The number of nitrogens with zero attached hydrogens (tertiary/aromatic N) is 3. The number of benzene rings is 1. The number of aromatic nitrogens is 1. The van der Waals surface area contributed by atoms with E-state index in [0.717, 1.165) is 41.0 Å². The fraction of sp³-hybridized carbons (Fsp3) is 0.474. The van der Waals surface area contributed by atoms with Crippen LogP contribution in [0.2, 0.25) is 0 Å². The molecule has 27 heavy (non-hydrogen) atoms. The van der Waals surface area contributed by atoms with Crippen LogP contribution in [-0.2, 0) is 13.1 Å². The molecule has 0 spiro atoms. The van der Waals surface area contributed by atoms with Crippen LogP contribution in [-0.4, -0.2) is 36.4 Å². The lowest BCUT2D eigenvalue weighted by Crippen LogP contribution is -2.38. The number of ether oxygens (including phenoxy) is 2. The van der Waals surface area contributed by atoms with Gasteiger partial charge < -0.3 is 24.2 Å². The molecule has 0 aliphatic carbocycles. The molecule has 3 rings (SSSR count). The first-order valence-electron chi connectivity index (χ1n) is 8.90. The van der Waals surface area contributed by atoms with Crippen LogP contribution in [0.4, 0.5) is 0 Å². The van der Waals surface area contributed by atoms with E-state index in [0.29, 0.717) is 19.0 Å². The van der Waals surface area contributed by atoms with Gasteiger partial charge in [0, 0.05) is 26.2 Å². The highest BCUT2D eigenvalue weighted by atomic mass is 127. The van der Waals surface area contributed by atoms with E-state index >= 15 is 0 Å². The van der Waals surface area contributed by atoms with Crippen LogP contribution in [0.3, 0.4) is 0 Å². The second-order valence-electron chi connectivity index (χ2n) is 6.59. The Bertz CT molecular complexity index is 776. The average Bonchev–Trinajstić information content (AvgIpc) is 3.27. The summed E-state index contributed by atoms with van der Waals surface area (Å²) in [5, 5.41) is 7.39. The van der Waals surface area contributed by atoms with E-state index < -0.39 is 0 Å². The molecule has 7 nitrogen and oxygen atoms in total. The van der Waals surface area contributed by atoms with Gasteiger partial charge >= 0.3 is 0 Å². The maximum atomic E-state index is 5.45. The van der Waals surface area contributed by atoms with Gasteiger partial charge in [0.2, 0.25) is 6.79 Å². The Morgan fingerprint density at radius 2 is 2.04 bits per heavy atom. The number of guanidine groups is 1. The molecule has 0 unspecified atom stereocenters. The molecule has 1 aliphatic heterocycles. The number of fused-ring (bicyclic) bond motifs is 1. The van der Waals surface area contributed by atoms with E-state index in [1.54, 1.807) is 0 Å². The Balaban J connectivity index is 0.00000261. The van der Waals surface area contributed by atoms with Crippen molar-refractivity contribution in [2.75, 3.05) is 20.4 Å². The number of hydrogen-bond acceptors (Lipinski definition) is 5. The normalized spacial score (nSPS) is 12.9. The predicted octanol–water partition coefficient (Wildman–Crippen LogP) is 3.74. The molecular formula is C19H27IN4O3. The molecule has 0 amide bonds. The molecule has 0 bridgehead atoms. The minimum atomic E-state index is 0. The van der Waals surface area contributed by atoms with Crippen LogP contribution in [0.1, 0.15) is 43.7 Å². The predicted molar refractivity (Wildman–Crippen MR) is 115 cm³/mol. The molecule has 0 saturated carbocycles. The smallest absolute Gasteiger partial charge is 0.231 e. The van der Waals surface area contributed by atoms with Gasteiger partial charge in [0.15, 0.2) is 23.2 Å². The van der Waals surface area contributed by atoms with Crippen LogP contribution in [0.5, 0.6) is 11.5 Å². The molecular weight excluding hydrogens is 459 g/mol. The summed E-state index contributed by atoms with van der Waals surface area (Å²) in [6.07, 6.45) is 0. The average molecular weight is 486 g/mol. The van der Waals surface area contributed by atoms with Gasteiger partial charge in [-0.05, 0) is 30.5 Å². The summed E-state index contributed by atoms with van der Waals surface area (Å²) in [6, 6.07) is 7.96. The van der Waals surface area contributed by atoms with E-state index in [1.807, 2.05) is 31.3 Å². The van der Waals surface area contributed by atoms with Crippen LogP contribution in [0, 0.1) is 0 Å². The van der Waals surface area contributed by atoms with Crippen molar-refractivity contribution in [3.8, 4) is 11.5 Å². The Morgan fingerprint density at radius 1 is 1.26 bits per heavy atom. The minimum Gasteiger partial charge on any atom is -0.454 e. The summed E-state index contributed by atoms with van der Waals surface area (Å²) in [5.41, 5.74) is 2.08. The molecule has 1 aromatic heterocycles. The third-order valence-electron chi connectivity index (χ3n) is 4.11. The fourth-order valence-electron chi connectivity index (χ4n) is 2.69. The largest absolute Gasteiger partial charge is 0.454 e. The molecule has 148 valence electrons. The van der Waals surface area contributed by atoms with E-state index in [4.69, 9.17) is 14.0 Å². The highest BCUT2D eigenvalue weighted by Crippen LogP contribution is 2.32. The van der Waals surface area contributed by atoms with Gasteiger partial charge in [-0.2, -0.15) is 0 Å². The second kappa shape index (κ2) is 9.82. The van der Waals surface area contributed by atoms with Crippen LogP contribution >= 0.6 is 24.0 Å². The molecule has 8 heteroatoms. The molecule has 1 aliphatic rings. The van der Waals surface area contributed by atoms with Crippen molar-refractivity contribution in [3.63, 3.8) is 0 Å². The third kappa shape index (κ3) is 5.50. The first kappa shape index (κ1) is 21.3. The lowest BCUT2D eigenvalue weighted by atomic mass is 10.1. The quantitative estimate of drug-likeness (QED) is 0.381. The number of hydrogen-bond donors (Lipinski definition) is 1. The Morgan fingerprint density at radius 3 is 2.74 bits per heavy atom. The molecule has 0 atom stereocenters. The third-order valence-corrected chi connectivity index (χ3v) is 4.11. The molecule has 2 aromatic rings. The highest BCUT2D eigenvalue weighted by molar-refractivity contribution is 14.0.